The number of nitrogens with zero attached hydrogens (tertiary/aromatic N) is 4. The molecule has 0 saturated heterocycles. The second-order valence-electron chi connectivity index (χ2n) is 3.58. The molecule has 5 nitrogen and oxygen atoms in total. The molecule has 3 rings (SSSR count). The molecule has 0 fully saturated rings. The summed E-state index contributed by atoms with van der Waals surface area (Å²) >= 11 is 3.25. The van der Waals surface area contributed by atoms with Gasteiger partial charge < -0.3 is 5.32 Å². The third-order valence-electron chi connectivity index (χ3n) is 2.27. The fourth-order valence-electron chi connectivity index (χ4n) is 1.52. The highest BCUT2D eigenvalue weighted by Crippen LogP contribution is 2.15. The van der Waals surface area contributed by atoms with Crippen LogP contribution in [-0.2, 0) is 0 Å². The number of fused-ring (bicyclic) bond motifs is 1. The zero-order chi connectivity index (χ0) is 12.5. The summed E-state index contributed by atoms with van der Waals surface area (Å²) in [6, 6.07) is 6.11. The Kier molecular flexibility index (Phi) is 2.67. The molecule has 7 heteroatoms. The van der Waals surface area contributed by atoms with Crippen molar-refractivity contribution in [3.8, 4) is 0 Å². The lowest BCUT2D eigenvalue weighted by Gasteiger charge is -2.00. The van der Waals surface area contributed by atoms with Crippen LogP contribution in [-0.4, -0.2) is 19.6 Å². The van der Waals surface area contributed by atoms with Crippen LogP contribution >= 0.6 is 15.9 Å². The van der Waals surface area contributed by atoms with Gasteiger partial charge in [-0.15, -0.1) is 5.10 Å². The van der Waals surface area contributed by atoms with E-state index in [0.717, 1.165) is 0 Å². The summed E-state index contributed by atoms with van der Waals surface area (Å²) < 4.78 is 15.3. The Labute approximate surface area is 110 Å². The summed E-state index contributed by atoms with van der Waals surface area (Å²) in [7, 11) is 0. The molecule has 2 heterocycles. The predicted molar refractivity (Wildman–Crippen MR) is 68.2 cm³/mol. The maximum Gasteiger partial charge on any atom is 0.247 e. The van der Waals surface area contributed by atoms with Crippen LogP contribution in [0.2, 0.25) is 0 Å². The van der Waals surface area contributed by atoms with Crippen LogP contribution in [0.25, 0.3) is 5.65 Å². The number of nitrogens with one attached hydrogen (secondary N) is 1. The van der Waals surface area contributed by atoms with Gasteiger partial charge in [-0.25, -0.2) is 13.9 Å². The second kappa shape index (κ2) is 4.34. The minimum atomic E-state index is -0.312. The summed E-state index contributed by atoms with van der Waals surface area (Å²) in [5, 5.41) is 7.13. The van der Waals surface area contributed by atoms with Crippen LogP contribution in [0.15, 0.2) is 41.3 Å². The molecule has 3 aromatic rings. The van der Waals surface area contributed by atoms with Gasteiger partial charge in [-0.1, -0.05) is 6.07 Å². The van der Waals surface area contributed by atoms with Gasteiger partial charge in [-0.2, -0.15) is 4.98 Å². The van der Waals surface area contributed by atoms with Crippen molar-refractivity contribution in [3.63, 3.8) is 0 Å². The Balaban J connectivity index is 1.95. The van der Waals surface area contributed by atoms with E-state index in [1.807, 2.05) is 0 Å². The fraction of sp³-hybridized carbons (Fsp3) is 0. The Hall–Kier alpha value is -2.02. The van der Waals surface area contributed by atoms with E-state index in [1.54, 1.807) is 29.0 Å². The molecule has 1 N–H and O–H groups in total. The molecular formula is C11H7BrFN5. The molecule has 18 heavy (non-hydrogen) atoms. The first kappa shape index (κ1) is 11.1. The van der Waals surface area contributed by atoms with Gasteiger partial charge in [0, 0.05) is 5.69 Å². The zero-order valence-electron chi connectivity index (χ0n) is 9.01. The zero-order valence-corrected chi connectivity index (χ0v) is 10.6. The molecule has 0 amide bonds. The maximum absolute atomic E-state index is 13.0. The van der Waals surface area contributed by atoms with Gasteiger partial charge in [-0.05, 0) is 34.1 Å². The quantitative estimate of drug-likeness (QED) is 0.791. The Morgan fingerprint density at radius 1 is 1.33 bits per heavy atom. The fourth-order valence-corrected chi connectivity index (χ4v) is 1.82. The first-order chi connectivity index (χ1) is 8.70. The Morgan fingerprint density at radius 3 is 3.06 bits per heavy atom. The molecule has 0 aliphatic heterocycles. The average molecular weight is 308 g/mol. The summed E-state index contributed by atoms with van der Waals surface area (Å²) in [6.07, 6.45) is 3.28. The van der Waals surface area contributed by atoms with Crippen molar-refractivity contribution in [2.75, 3.05) is 5.32 Å². The minimum Gasteiger partial charge on any atom is -0.323 e. The molecule has 0 aliphatic rings. The third-order valence-corrected chi connectivity index (χ3v) is 2.68. The molecule has 0 bridgehead atoms. The first-order valence-corrected chi connectivity index (χ1v) is 5.90. The normalized spacial score (nSPS) is 10.8. The Bertz CT molecular complexity index is 711. The minimum absolute atomic E-state index is 0.312. The smallest absolute Gasteiger partial charge is 0.247 e. The SMILES string of the molecule is Fc1cccc(Nc2nc3cnc(Br)cn3n2)c1. The van der Waals surface area contributed by atoms with Crippen molar-refractivity contribution >= 4 is 33.2 Å². The number of rotatable bonds is 2. The molecule has 0 unspecified atom stereocenters. The monoisotopic (exact) mass is 307 g/mol. The van der Waals surface area contributed by atoms with Crippen molar-refractivity contribution in [1.29, 1.82) is 0 Å². The number of hydrogen-bond donors (Lipinski definition) is 1. The number of anilines is 2. The lowest BCUT2D eigenvalue weighted by atomic mass is 10.3. The van der Waals surface area contributed by atoms with Crippen LogP contribution < -0.4 is 5.32 Å². The number of halogens is 2. The molecule has 0 spiro atoms. The molecular weight excluding hydrogens is 301 g/mol. The van der Waals surface area contributed by atoms with E-state index in [4.69, 9.17) is 0 Å². The summed E-state index contributed by atoms with van der Waals surface area (Å²) in [5.41, 5.74) is 1.20. The van der Waals surface area contributed by atoms with Crippen LogP contribution in [0.4, 0.5) is 16.0 Å². The van der Waals surface area contributed by atoms with E-state index in [0.29, 0.717) is 21.9 Å². The predicted octanol–water partition coefficient (Wildman–Crippen LogP) is 2.77. The van der Waals surface area contributed by atoms with Gasteiger partial charge in [0.05, 0.1) is 12.4 Å². The van der Waals surface area contributed by atoms with Crippen molar-refractivity contribution in [3.05, 3.63) is 47.1 Å². The van der Waals surface area contributed by atoms with Crippen molar-refractivity contribution in [1.82, 2.24) is 19.6 Å². The van der Waals surface area contributed by atoms with Gasteiger partial charge in [0.2, 0.25) is 5.95 Å². The Morgan fingerprint density at radius 2 is 2.22 bits per heavy atom. The van der Waals surface area contributed by atoms with Crippen molar-refractivity contribution in [2.24, 2.45) is 0 Å². The second-order valence-corrected chi connectivity index (χ2v) is 4.40. The largest absolute Gasteiger partial charge is 0.323 e. The van der Waals surface area contributed by atoms with E-state index in [1.165, 1.54) is 12.1 Å². The van der Waals surface area contributed by atoms with Crippen molar-refractivity contribution in [2.45, 2.75) is 0 Å². The highest BCUT2D eigenvalue weighted by molar-refractivity contribution is 9.10. The molecule has 0 atom stereocenters. The molecule has 1 aromatic carbocycles. The van der Waals surface area contributed by atoms with Crippen LogP contribution in [0.1, 0.15) is 0 Å². The van der Waals surface area contributed by atoms with E-state index >= 15 is 0 Å². The summed E-state index contributed by atoms with van der Waals surface area (Å²) in [6.45, 7) is 0. The molecule has 90 valence electrons. The summed E-state index contributed by atoms with van der Waals surface area (Å²) in [5.74, 6) is 0.0775. The molecule has 0 aliphatic carbocycles. The molecule has 0 radical (unpaired) electrons. The van der Waals surface area contributed by atoms with Crippen molar-refractivity contribution < 1.29 is 4.39 Å². The standard InChI is InChI=1S/C11H7BrFN5/c12-9-6-18-10(5-14-9)16-11(17-18)15-8-3-1-2-7(13)4-8/h1-6H,(H,15,17). The lowest BCUT2D eigenvalue weighted by molar-refractivity contribution is 0.628. The van der Waals surface area contributed by atoms with E-state index in [2.05, 4.69) is 36.3 Å². The topological polar surface area (TPSA) is 55.1 Å². The van der Waals surface area contributed by atoms with Crippen LogP contribution in [0.5, 0.6) is 0 Å². The molecule has 2 aromatic heterocycles. The summed E-state index contributed by atoms with van der Waals surface area (Å²) in [4.78, 5) is 8.26. The van der Waals surface area contributed by atoms with Crippen LogP contribution in [0.3, 0.4) is 0 Å². The number of aromatic nitrogens is 4. The highest BCUT2D eigenvalue weighted by atomic mass is 79.9. The van der Waals surface area contributed by atoms with Gasteiger partial charge >= 0.3 is 0 Å². The van der Waals surface area contributed by atoms with E-state index in [-0.39, 0.29) is 5.82 Å². The third kappa shape index (κ3) is 2.17. The number of hydrogen-bond acceptors (Lipinski definition) is 4. The maximum atomic E-state index is 13.0. The average Bonchev–Trinajstić information content (AvgIpc) is 2.70. The van der Waals surface area contributed by atoms with Crippen LogP contribution in [0, 0.1) is 5.82 Å². The van der Waals surface area contributed by atoms with Gasteiger partial charge in [0.15, 0.2) is 5.65 Å². The lowest BCUT2D eigenvalue weighted by Crippen LogP contribution is -1.93. The van der Waals surface area contributed by atoms with Gasteiger partial charge in [0.1, 0.15) is 10.4 Å². The van der Waals surface area contributed by atoms with Gasteiger partial charge in [-0.3, -0.25) is 0 Å². The molecule has 0 saturated carbocycles. The van der Waals surface area contributed by atoms with E-state index < -0.39 is 0 Å². The van der Waals surface area contributed by atoms with Gasteiger partial charge in [0.25, 0.3) is 0 Å². The number of benzene rings is 1. The highest BCUT2D eigenvalue weighted by Gasteiger charge is 2.05. The van der Waals surface area contributed by atoms with E-state index in [9.17, 15) is 4.39 Å². The first-order valence-electron chi connectivity index (χ1n) is 5.11.